The van der Waals surface area contributed by atoms with E-state index in [4.69, 9.17) is 9.47 Å². The number of aromatic nitrogens is 2. The highest BCUT2D eigenvalue weighted by atomic mass is 16.5. The Labute approximate surface area is 176 Å². The lowest BCUT2D eigenvalue weighted by Crippen LogP contribution is -2.30. The molecule has 1 amide bonds. The molecule has 0 unspecified atom stereocenters. The van der Waals surface area contributed by atoms with Crippen LogP contribution in [-0.4, -0.2) is 66.3 Å². The molecule has 2 N–H and O–H groups in total. The van der Waals surface area contributed by atoms with Gasteiger partial charge in [0.2, 0.25) is 0 Å². The first-order valence-electron chi connectivity index (χ1n) is 10.3. The summed E-state index contributed by atoms with van der Waals surface area (Å²) < 4.78 is 11.9. The Kier molecular flexibility index (Phi) is 6.06. The van der Waals surface area contributed by atoms with Crippen molar-refractivity contribution in [3.05, 3.63) is 53.0 Å². The quantitative estimate of drug-likeness (QED) is 0.729. The fourth-order valence-electron chi connectivity index (χ4n) is 3.77. The highest BCUT2D eigenvalue weighted by Gasteiger charge is 2.28. The van der Waals surface area contributed by atoms with Crippen LogP contribution in [0.5, 0.6) is 0 Å². The minimum Gasteiger partial charge on any atom is -0.469 e. The molecular weight excluding hydrogens is 382 g/mol. The van der Waals surface area contributed by atoms with Gasteiger partial charge in [-0.05, 0) is 32.5 Å². The molecule has 1 saturated heterocycles. The number of nitrogens with one attached hydrogen (secondary N) is 2. The first-order valence-corrected chi connectivity index (χ1v) is 10.3. The molecule has 2 aliphatic rings. The van der Waals surface area contributed by atoms with Gasteiger partial charge in [-0.3, -0.25) is 9.89 Å². The van der Waals surface area contributed by atoms with Crippen molar-refractivity contribution >= 4 is 17.8 Å². The van der Waals surface area contributed by atoms with E-state index in [1.165, 1.54) is 0 Å². The second-order valence-corrected chi connectivity index (χ2v) is 8.07. The fraction of sp³-hybridized carbons (Fsp3) is 0.455. The van der Waals surface area contributed by atoms with Crippen molar-refractivity contribution in [2.24, 2.45) is 0 Å². The zero-order valence-electron chi connectivity index (χ0n) is 17.7. The van der Waals surface area contributed by atoms with E-state index in [1.54, 1.807) is 0 Å². The molecule has 2 aromatic rings. The number of H-pyrrole nitrogens is 1. The van der Waals surface area contributed by atoms with Gasteiger partial charge in [-0.25, -0.2) is 0 Å². The van der Waals surface area contributed by atoms with Crippen LogP contribution in [0.4, 0.5) is 5.82 Å². The van der Waals surface area contributed by atoms with E-state index in [1.807, 2.05) is 50.3 Å². The van der Waals surface area contributed by atoms with Crippen LogP contribution in [0.1, 0.15) is 35.8 Å². The van der Waals surface area contributed by atoms with Crippen molar-refractivity contribution in [3.63, 3.8) is 0 Å². The molecule has 2 atom stereocenters. The van der Waals surface area contributed by atoms with E-state index in [0.717, 1.165) is 42.1 Å². The molecule has 1 aromatic heterocycles. The van der Waals surface area contributed by atoms with Gasteiger partial charge in [0.15, 0.2) is 11.7 Å². The number of aromatic amines is 1. The van der Waals surface area contributed by atoms with Gasteiger partial charge in [0.25, 0.3) is 5.91 Å². The van der Waals surface area contributed by atoms with Crippen LogP contribution in [0, 0.1) is 0 Å². The first kappa shape index (κ1) is 20.4. The Bertz CT molecular complexity index is 903. The number of carbonyl (C=O) groups is 1. The Morgan fingerprint density at radius 3 is 2.90 bits per heavy atom. The maximum absolute atomic E-state index is 12.4. The predicted octanol–water partition coefficient (Wildman–Crippen LogP) is 2.59. The van der Waals surface area contributed by atoms with Gasteiger partial charge in [-0.1, -0.05) is 30.3 Å². The van der Waals surface area contributed by atoms with Crippen molar-refractivity contribution in [3.8, 4) is 0 Å². The number of hydrogen-bond acceptors (Lipinski definition) is 6. The predicted molar refractivity (Wildman–Crippen MR) is 114 cm³/mol. The minimum absolute atomic E-state index is 0.0990. The molecule has 0 spiro atoms. The number of nitrogens with zero attached hydrogens (tertiary/aromatic N) is 3. The topological polar surface area (TPSA) is 82.7 Å². The van der Waals surface area contributed by atoms with Crippen LogP contribution < -0.4 is 5.32 Å². The third kappa shape index (κ3) is 4.49. The number of ether oxygens (including phenoxy) is 2. The van der Waals surface area contributed by atoms with Crippen LogP contribution >= 0.6 is 0 Å². The first-order chi connectivity index (χ1) is 14.5. The smallest absolute Gasteiger partial charge is 0.254 e. The van der Waals surface area contributed by atoms with Crippen LogP contribution in [0.25, 0.3) is 6.08 Å². The van der Waals surface area contributed by atoms with Gasteiger partial charge in [0, 0.05) is 31.8 Å². The zero-order valence-corrected chi connectivity index (χ0v) is 17.7. The lowest BCUT2D eigenvalue weighted by Gasteiger charge is -2.31. The standard InChI is InChI=1S/C22H29N5O3/c1-26(2)14-19(15-8-5-4-6-9-15)30-20-12-17-16(13-27(20)3)21(25-24-17)23-22(28)18-10-7-11-29-18/h4-6,8-9,12,18-19H,7,10-11,13-14H2,1-3H3,(H2,23,24,25,28)/t18-,19-/m1/s1. The Balaban J connectivity index is 1.52. The summed E-state index contributed by atoms with van der Waals surface area (Å²) >= 11 is 0. The Morgan fingerprint density at radius 1 is 1.40 bits per heavy atom. The monoisotopic (exact) mass is 411 g/mol. The summed E-state index contributed by atoms with van der Waals surface area (Å²) in [5, 5.41) is 10.3. The number of rotatable bonds is 7. The Morgan fingerprint density at radius 2 is 2.20 bits per heavy atom. The minimum atomic E-state index is -0.384. The van der Waals surface area contributed by atoms with Crippen molar-refractivity contribution in [2.45, 2.75) is 31.6 Å². The number of carbonyl (C=O) groups excluding carboxylic acids is 1. The lowest BCUT2D eigenvalue weighted by molar-refractivity contribution is -0.124. The molecule has 1 fully saturated rings. The molecule has 0 radical (unpaired) electrons. The third-order valence-electron chi connectivity index (χ3n) is 5.37. The van der Waals surface area contributed by atoms with Gasteiger partial charge in [-0.15, -0.1) is 0 Å². The number of hydrogen-bond donors (Lipinski definition) is 2. The van der Waals surface area contributed by atoms with Gasteiger partial charge in [0.05, 0.1) is 12.2 Å². The molecular formula is C22H29N5O3. The highest BCUT2D eigenvalue weighted by molar-refractivity contribution is 5.94. The summed E-state index contributed by atoms with van der Waals surface area (Å²) in [5.74, 6) is 1.19. The zero-order chi connectivity index (χ0) is 21.1. The third-order valence-corrected chi connectivity index (χ3v) is 5.37. The molecule has 4 rings (SSSR count). The molecule has 8 heteroatoms. The molecule has 0 bridgehead atoms. The summed E-state index contributed by atoms with van der Waals surface area (Å²) in [6.07, 6.45) is 3.13. The number of anilines is 1. The van der Waals surface area contributed by atoms with Crippen molar-refractivity contribution in [2.75, 3.05) is 39.6 Å². The van der Waals surface area contributed by atoms with Crippen molar-refractivity contribution < 1.29 is 14.3 Å². The normalized spacial score (nSPS) is 19.4. The molecule has 3 heterocycles. The van der Waals surface area contributed by atoms with Gasteiger partial charge in [-0.2, -0.15) is 5.10 Å². The summed E-state index contributed by atoms with van der Waals surface area (Å²) in [5.41, 5.74) is 2.92. The maximum atomic E-state index is 12.4. The number of fused-ring (bicyclic) bond motifs is 1. The summed E-state index contributed by atoms with van der Waals surface area (Å²) in [7, 11) is 6.05. The van der Waals surface area contributed by atoms with Crippen LogP contribution in [0.2, 0.25) is 0 Å². The van der Waals surface area contributed by atoms with E-state index in [0.29, 0.717) is 19.0 Å². The number of amides is 1. The second-order valence-electron chi connectivity index (χ2n) is 8.07. The van der Waals surface area contributed by atoms with Gasteiger partial charge < -0.3 is 24.6 Å². The molecule has 30 heavy (non-hydrogen) atoms. The van der Waals surface area contributed by atoms with Crippen LogP contribution in [-0.2, 0) is 20.8 Å². The van der Waals surface area contributed by atoms with E-state index < -0.39 is 0 Å². The van der Waals surface area contributed by atoms with E-state index >= 15 is 0 Å². The van der Waals surface area contributed by atoms with Crippen molar-refractivity contribution in [1.29, 1.82) is 0 Å². The van der Waals surface area contributed by atoms with E-state index in [-0.39, 0.29) is 18.1 Å². The number of benzene rings is 1. The van der Waals surface area contributed by atoms with Crippen molar-refractivity contribution in [1.82, 2.24) is 20.0 Å². The molecule has 1 aromatic carbocycles. The number of likely N-dealkylation sites (N-methyl/N-ethyl adjacent to an activating group) is 1. The average molecular weight is 412 g/mol. The largest absolute Gasteiger partial charge is 0.469 e. The summed E-state index contributed by atoms with van der Waals surface area (Å²) in [6, 6.07) is 10.2. The van der Waals surface area contributed by atoms with Gasteiger partial charge in [0.1, 0.15) is 12.2 Å². The Hall–Kier alpha value is -2.84. The van der Waals surface area contributed by atoms with E-state index in [9.17, 15) is 4.79 Å². The van der Waals surface area contributed by atoms with Gasteiger partial charge >= 0.3 is 0 Å². The molecule has 160 valence electrons. The van der Waals surface area contributed by atoms with Crippen LogP contribution in [0.3, 0.4) is 0 Å². The SMILES string of the molecule is CN(C)C[C@@H](OC1=Cc2[nH]nc(NC(=O)[C@H]3CCCO3)c2CN1C)c1ccccc1. The lowest BCUT2D eigenvalue weighted by atomic mass is 10.1. The molecule has 0 saturated carbocycles. The van der Waals surface area contributed by atoms with Crippen LogP contribution in [0.15, 0.2) is 36.2 Å². The highest BCUT2D eigenvalue weighted by Crippen LogP contribution is 2.31. The average Bonchev–Trinajstić information content (AvgIpc) is 3.39. The molecule has 0 aliphatic carbocycles. The van der Waals surface area contributed by atoms with E-state index in [2.05, 4.69) is 32.5 Å². The fourth-order valence-corrected chi connectivity index (χ4v) is 3.77. The molecule has 8 nitrogen and oxygen atoms in total. The maximum Gasteiger partial charge on any atom is 0.254 e. The second kappa shape index (κ2) is 8.89. The summed E-state index contributed by atoms with van der Waals surface area (Å²) in [4.78, 5) is 16.5. The summed E-state index contributed by atoms with van der Waals surface area (Å²) in [6.45, 7) is 1.98. The molecule has 2 aliphatic heterocycles.